The number of primary amides is 1. The highest BCUT2D eigenvalue weighted by Gasteiger charge is 2.24. The Morgan fingerprint density at radius 1 is 1.32 bits per heavy atom. The fourth-order valence-corrected chi connectivity index (χ4v) is 2.28. The summed E-state index contributed by atoms with van der Waals surface area (Å²) in [7, 11) is 0. The second kappa shape index (κ2) is 5.74. The van der Waals surface area contributed by atoms with Crippen LogP contribution in [-0.2, 0) is 0 Å². The molecule has 19 heavy (non-hydrogen) atoms. The molecule has 1 aromatic heterocycles. The van der Waals surface area contributed by atoms with Crippen LogP contribution in [0.25, 0.3) is 0 Å². The standard InChI is InChI=1S/C10H16N6O2S/c11-7-6(8(17)13-3-4-14-9(12)18)19-10(16-7)15-5-1-2-5/h5H,1-4,11H2,(H,13,17)(H,15,16)(H3,12,14,18). The molecule has 0 bridgehead atoms. The van der Waals surface area contributed by atoms with Crippen LogP contribution in [0.3, 0.4) is 0 Å². The summed E-state index contributed by atoms with van der Waals surface area (Å²) in [6, 6.07) is -0.163. The van der Waals surface area contributed by atoms with Crippen molar-refractivity contribution >= 4 is 34.2 Å². The van der Waals surface area contributed by atoms with E-state index in [4.69, 9.17) is 11.5 Å². The van der Waals surface area contributed by atoms with E-state index in [1.54, 1.807) is 0 Å². The van der Waals surface area contributed by atoms with Crippen LogP contribution in [0.15, 0.2) is 0 Å². The number of hydrogen-bond donors (Lipinski definition) is 5. The van der Waals surface area contributed by atoms with E-state index in [9.17, 15) is 9.59 Å². The van der Waals surface area contributed by atoms with E-state index in [1.165, 1.54) is 11.3 Å². The first-order valence-electron chi connectivity index (χ1n) is 5.90. The lowest BCUT2D eigenvalue weighted by Crippen LogP contribution is -2.37. The highest BCUT2D eigenvalue weighted by Crippen LogP contribution is 2.30. The van der Waals surface area contributed by atoms with Crippen molar-refractivity contribution in [2.75, 3.05) is 24.1 Å². The van der Waals surface area contributed by atoms with Crippen molar-refractivity contribution in [1.29, 1.82) is 0 Å². The monoisotopic (exact) mass is 284 g/mol. The van der Waals surface area contributed by atoms with Gasteiger partial charge in [-0.2, -0.15) is 0 Å². The summed E-state index contributed by atoms with van der Waals surface area (Å²) in [6.45, 7) is 0.553. The summed E-state index contributed by atoms with van der Waals surface area (Å²) in [5.41, 5.74) is 10.6. The van der Waals surface area contributed by atoms with Gasteiger partial charge in [0.1, 0.15) is 10.7 Å². The van der Waals surface area contributed by atoms with Gasteiger partial charge >= 0.3 is 6.03 Å². The highest BCUT2D eigenvalue weighted by atomic mass is 32.1. The third-order valence-electron chi connectivity index (χ3n) is 2.47. The summed E-state index contributed by atoms with van der Waals surface area (Å²) in [6.07, 6.45) is 2.25. The highest BCUT2D eigenvalue weighted by molar-refractivity contribution is 7.18. The van der Waals surface area contributed by atoms with Gasteiger partial charge < -0.3 is 27.4 Å². The second-order valence-electron chi connectivity index (χ2n) is 4.20. The Bertz CT molecular complexity index is 484. The topological polar surface area (TPSA) is 135 Å². The van der Waals surface area contributed by atoms with Gasteiger partial charge in [-0.3, -0.25) is 4.79 Å². The lowest BCUT2D eigenvalue weighted by Gasteiger charge is -2.03. The summed E-state index contributed by atoms with van der Waals surface area (Å²) in [5.74, 6) is -0.0846. The fraction of sp³-hybridized carbons (Fsp3) is 0.500. The number of thiazole rings is 1. The third kappa shape index (κ3) is 3.98. The molecule has 104 valence electrons. The van der Waals surface area contributed by atoms with E-state index in [0.717, 1.165) is 12.8 Å². The van der Waals surface area contributed by atoms with Crippen molar-refractivity contribution in [2.45, 2.75) is 18.9 Å². The molecule has 0 aromatic carbocycles. The quantitative estimate of drug-likeness (QED) is 0.457. The first-order chi connectivity index (χ1) is 9.06. The zero-order valence-electron chi connectivity index (χ0n) is 10.2. The summed E-state index contributed by atoms with van der Waals surface area (Å²) in [4.78, 5) is 26.8. The van der Waals surface area contributed by atoms with E-state index in [2.05, 4.69) is 20.9 Å². The molecule has 8 nitrogen and oxygen atoms in total. The predicted molar refractivity (Wildman–Crippen MR) is 73.1 cm³/mol. The maximum atomic E-state index is 11.8. The van der Waals surface area contributed by atoms with E-state index < -0.39 is 6.03 Å². The van der Waals surface area contributed by atoms with Crippen LogP contribution in [0.5, 0.6) is 0 Å². The normalized spacial score (nSPS) is 13.9. The average Bonchev–Trinajstić information content (AvgIpc) is 3.07. The van der Waals surface area contributed by atoms with Gasteiger partial charge in [-0.05, 0) is 12.8 Å². The van der Waals surface area contributed by atoms with E-state index >= 15 is 0 Å². The van der Waals surface area contributed by atoms with Crippen LogP contribution < -0.4 is 27.4 Å². The number of carbonyl (C=O) groups is 2. The molecular formula is C10H16N6O2S. The minimum Gasteiger partial charge on any atom is -0.382 e. The van der Waals surface area contributed by atoms with Gasteiger partial charge in [-0.15, -0.1) is 0 Å². The van der Waals surface area contributed by atoms with Crippen molar-refractivity contribution < 1.29 is 9.59 Å². The Balaban J connectivity index is 1.83. The number of urea groups is 1. The first-order valence-corrected chi connectivity index (χ1v) is 6.72. The molecule has 1 aliphatic carbocycles. The van der Waals surface area contributed by atoms with Gasteiger partial charge in [0, 0.05) is 19.1 Å². The Labute approximate surface area is 113 Å². The van der Waals surface area contributed by atoms with Crippen LogP contribution in [0.2, 0.25) is 0 Å². The molecule has 0 saturated heterocycles. The van der Waals surface area contributed by atoms with Crippen molar-refractivity contribution in [1.82, 2.24) is 15.6 Å². The largest absolute Gasteiger partial charge is 0.382 e. The van der Waals surface area contributed by atoms with Crippen molar-refractivity contribution in [3.8, 4) is 0 Å². The molecule has 0 spiro atoms. The average molecular weight is 284 g/mol. The molecular weight excluding hydrogens is 268 g/mol. The van der Waals surface area contributed by atoms with Gasteiger partial charge in [0.05, 0.1) is 0 Å². The molecule has 0 atom stereocenters. The van der Waals surface area contributed by atoms with Crippen LogP contribution in [-0.4, -0.2) is 36.1 Å². The molecule has 7 N–H and O–H groups in total. The summed E-state index contributed by atoms with van der Waals surface area (Å²) < 4.78 is 0. The smallest absolute Gasteiger partial charge is 0.312 e. The fourth-order valence-electron chi connectivity index (χ4n) is 1.40. The maximum Gasteiger partial charge on any atom is 0.312 e. The summed E-state index contributed by atoms with van der Waals surface area (Å²) >= 11 is 1.23. The molecule has 1 aliphatic rings. The van der Waals surface area contributed by atoms with Gasteiger partial charge in [0.15, 0.2) is 5.13 Å². The summed E-state index contributed by atoms with van der Waals surface area (Å²) in [5, 5.41) is 8.86. The number of hydrogen-bond acceptors (Lipinski definition) is 6. The number of nitrogen functional groups attached to an aromatic ring is 1. The van der Waals surface area contributed by atoms with Crippen molar-refractivity contribution in [3.05, 3.63) is 4.88 Å². The van der Waals surface area contributed by atoms with Crippen LogP contribution in [0.4, 0.5) is 15.7 Å². The first kappa shape index (κ1) is 13.4. The molecule has 1 saturated carbocycles. The SMILES string of the molecule is NC(=O)NCCNC(=O)c1sc(NC2CC2)nc1N. The van der Waals surface area contributed by atoms with Gasteiger partial charge in [0.25, 0.3) is 5.91 Å². The molecule has 1 heterocycles. The van der Waals surface area contributed by atoms with Gasteiger partial charge in [0.2, 0.25) is 0 Å². The van der Waals surface area contributed by atoms with E-state index in [0.29, 0.717) is 16.1 Å². The second-order valence-corrected chi connectivity index (χ2v) is 5.20. The van der Waals surface area contributed by atoms with Crippen LogP contribution >= 0.6 is 11.3 Å². The van der Waals surface area contributed by atoms with Crippen molar-refractivity contribution in [2.24, 2.45) is 5.73 Å². The minimum absolute atomic E-state index is 0.216. The van der Waals surface area contributed by atoms with Crippen LogP contribution in [0.1, 0.15) is 22.5 Å². The maximum absolute atomic E-state index is 11.8. The van der Waals surface area contributed by atoms with Crippen molar-refractivity contribution in [3.63, 3.8) is 0 Å². The Hall–Kier alpha value is -2.03. The van der Waals surface area contributed by atoms with Gasteiger partial charge in [-0.25, -0.2) is 9.78 Å². The lowest BCUT2D eigenvalue weighted by molar-refractivity contribution is 0.0958. The molecule has 1 fully saturated rings. The minimum atomic E-state index is -0.623. The Morgan fingerprint density at radius 2 is 2.00 bits per heavy atom. The number of amides is 3. The molecule has 1 aromatic rings. The number of rotatable bonds is 6. The molecule has 0 radical (unpaired) electrons. The molecule has 0 unspecified atom stereocenters. The molecule has 3 amide bonds. The Kier molecular flexibility index (Phi) is 4.05. The number of nitrogens with zero attached hydrogens (tertiary/aromatic N) is 1. The van der Waals surface area contributed by atoms with Gasteiger partial charge in [-0.1, -0.05) is 11.3 Å². The van der Waals surface area contributed by atoms with E-state index in [-0.39, 0.29) is 24.8 Å². The van der Waals surface area contributed by atoms with Crippen LogP contribution in [0, 0.1) is 0 Å². The zero-order valence-corrected chi connectivity index (χ0v) is 11.0. The number of nitrogens with two attached hydrogens (primary N) is 2. The lowest BCUT2D eigenvalue weighted by atomic mass is 10.4. The molecule has 9 heteroatoms. The third-order valence-corrected chi connectivity index (χ3v) is 3.48. The molecule has 2 rings (SSSR count). The number of carbonyl (C=O) groups excluding carboxylic acids is 2. The molecule has 0 aliphatic heterocycles. The number of aromatic nitrogens is 1. The zero-order chi connectivity index (χ0) is 13.8. The number of nitrogens with one attached hydrogen (secondary N) is 3. The predicted octanol–water partition coefficient (Wildman–Crippen LogP) is -0.302. The van der Waals surface area contributed by atoms with E-state index in [1.807, 2.05) is 0 Å². The Morgan fingerprint density at radius 3 is 2.63 bits per heavy atom. The number of anilines is 2.